The maximum absolute atomic E-state index is 16.1. The van der Waals surface area contributed by atoms with E-state index < -0.39 is 60.2 Å². The fourth-order valence-electron chi connectivity index (χ4n) is 4.51. The summed E-state index contributed by atoms with van der Waals surface area (Å²) >= 11 is 2.80. The van der Waals surface area contributed by atoms with E-state index in [0.29, 0.717) is 0 Å². The number of aliphatic hydroxyl groups excluding tert-OH is 1. The molecule has 1 amide bonds. The lowest BCUT2D eigenvalue weighted by molar-refractivity contribution is -0.147. The summed E-state index contributed by atoms with van der Waals surface area (Å²) in [5.74, 6) is -1.12. The standard InChI is InChI=1S/C24H31BrFN6O9P/c1-13(2)39-17(33)7-8-29-21(35)19-22(3,4)11-38-42(36,41-19)37-9-15-18(34)24(25,26)23(10-27,40-15)16-6-5-14-20(28)30-12-31-32(14)16/h5-6,12-13,15,18-19,34H,7-9,11H2,1-4H3,(H,29,35)(H2,28,30,31)/t15-,18+,19+,23+,24?,42?/m1/s1. The Labute approximate surface area is 248 Å². The van der Waals surface area contributed by atoms with Gasteiger partial charge in [-0.15, -0.1) is 0 Å². The van der Waals surface area contributed by atoms with Crippen LogP contribution in [0.3, 0.4) is 0 Å². The van der Waals surface area contributed by atoms with Crippen LogP contribution >= 0.6 is 23.8 Å². The minimum Gasteiger partial charge on any atom is -0.463 e. The van der Waals surface area contributed by atoms with Gasteiger partial charge in [0, 0.05) is 12.0 Å². The predicted molar refractivity (Wildman–Crippen MR) is 145 cm³/mol. The molecule has 15 nitrogen and oxygen atoms in total. The molecule has 2 aromatic heterocycles. The van der Waals surface area contributed by atoms with E-state index in [0.717, 1.165) is 10.8 Å². The van der Waals surface area contributed by atoms with E-state index in [1.807, 2.05) is 0 Å². The summed E-state index contributed by atoms with van der Waals surface area (Å²) in [4.78, 5) is 28.5. The van der Waals surface area contributed by atoms with Crippen molar-refractivity contribution >= 4 is 47.0 Å². The van der Waals surface area contributed by atoms with E-state index in [-0.39, 0.29) is 42.7 Å². The number of phosphoric acid groups is 1. The number of nitrogens with two attached hydrogens (primary N) is 1. The molecule has 18 heteroatoms. The van der Waals surface area contributed by atoms with Gasteiger partial charge in [-0.1, -0.05) is 13.8 Å². The molecule has 2 saturated heterocycles. The van der Waals surface area contributed by atoms with Crippen molar-refractivity contribution in [2.45, 2.75) is 68.7 Å². The molecular formula is C24H31BrFN6O9P. The normalized spacial score (nSPS) is 32.5. The number of alkyl halides is 2. The second-order valence-electron chi connectivity index (χ2n) is 10.7. The number of esters is 1. The van der Waals surface area contributed by atoms with E-state index in [1.165, 1.54) is 12.1 Å². The first-order valence-corrected chi connectivity index (χ1v) is 15.1. The third kappa shape index (κ3) is 5.89. The minimum absolute atomic E-state index is 0.0560. The molecule has 0 radical (unpaired) electrons. The highest BCUT2D eigenvalue weighted by atomic mass is 79.9. The topological polar surface area (TPSA) is 210 Å². The number of anilines is 1. The fraction of sp³-hybridized carbons (Fsp3) is 0.625. The van der Waals surface area contributed by atoms with Crippen LogP contribution in [-0.2, 0) is 42.8 Å². The number of hydrogen-bond donors (Lipinski definition) is 3. The molecule has 6 atom stereocenters. The number of ether oxygens (including phenoxy) is 2. The smallest absolute Gasteiger partial charge is 0.463 e. The number of halogens is 2. The second-order valence-corrected chi connectivity index (χ2v) is 13.5. The highest BCUT2D eigenvalue weighted by Crippen LogP contribution is 2.59. The van der Waals surface area contributed by atoms with E-state index in [2.05, 4.69) is 31.3 Å². The molecule has 4 rings (SSSR count). The first-order chi connectivity index (χ1) is 19.6. The predicted octanol–water partition coefficient (Wildman–Crippen LogP) is 1.87. The molecule has 2 aliphatic heterocycles. The maximum atomic E-state index is 16.1. The highest BCUT2D eigenvalue weighted by Gasteiger charge is 2.69. The number of fused-ring (bicyclic) bond motifs is 1. The van der Waals surface area contributed by atoms with Crippen LogP contribution in [0.2, 0.25) is 0 Å². The first kappa shape index (κ1) is 32.2. The number of amides is 1. The van der Waals surface area contributed by atoms with Crippen molar-refractivity contribution in [3.63, 3.8) is 0 Å². The molecule has 0 spiro atoms. The Morgan fingerprint density at radius 3 is 2.81 bits per heavy atom. The number of carbonyl (C=O) groups is 2. The quantitative estimate of drug-likeness (QED) is 0.197. The van der Waals surface area contributed by atoms with Crippen LogP contribution in [0, 0.1) is 16.7 Å². The fourth-order valence-corrected chi connectivity index (χ4v) is 6.84. The molecule has 2 fully saturated rings. The van der Waals surface area contributed by atoms with Crippen LogP contribution in [0.25, 0.3) is 5.52 Å². The molecule has 42 heavy (non-hydrogen) atoms. The Hall–Kier alpha value is -2.71. The van der Waals surface area contributed by atoms with Crippen molar-refractivity contribution in [1.29, 1.82) is 5.26 Å². The number of nitrogens with zero attached hydrogens (tertiary/aromatic N) is 4. The summed E-state index contributed by atoms with van der Waals surface area (Å²) in [6.07, 6.45) is -4.19. The Morgan fingerprint density at radius 2 is 2.14 bits per heavy atom. The van der Waals surface area contributed by atoms with Crippen molar-refractivity contribution in [3.05, 3.63) is 24.2 Å². The van der Waals surface area contributed by atoms with Gasteiger partial charge in [0.2, 0.25) is 16.1 Å². The Kier molecular flexibility index (Phi) is 9.02. The molecular weight excluding hydrogens is 646 g/mol. The number of nitrogens with one attached hydrogen (secondary N) is 1. The molecule has 0 aromatic carbocycles. The third-order valence-electron chi connectivity index (χ3n) is 6.69. The second kappa shape index (κ2) is 11.8. The molecule has 4 heterocycles. The van der Waals surface area contributed by atoms with Crippen LogP contribution in [0.5, 0.6) is 0 Å². The van der Waals surface area contributed by atoms with Crippen molar-refractivity contribution in [2.75, 3.05) is 25.5 Å². The highest BCUT2D eigenvalue weighted by molar-refractivity contribution is 9.10. The first-order valence-electron chi connectivity index (χ1n) is 12.9. The summed E-state index contributed by atoms with van der Waals surface area (Å²) in [5.41, 5.74) is 2.59. The van der Waals surface area contributed by atoms with Crippen LogP contribution in [0.1, 0.15) is 39.8 Å². The number of aromatic nitrogens is 3. The number of aliphatic hydroxyl groups is 1. The monoisotopic (exact) mass is 676 g/mol. The maximum Gasteiger partial charge on any atom is 0.475 e. The molecule has 2 aromatic rings. The zero-order valence-corrected chi connectivity index (χ0v) is 25.6. The lowest BCUT2D eigenvalue weighted by atomic mass is 9.87. The van der Waals surface area contributed by atoms with Gasteiger partial charge in [-0.05, 0) is 41.9 Å². The van der Waals surface area contributed by atoms with Crippen molar-refractivity contribution < 1.29 is 46.7 Å². The van der Waals surface area contributed by atoms with Crippen molar-refractivity contribution in [2.24, 2.45) is 5.41 Å². The van der Waals surface area contributed by atoms with Gasteiger partial charge in [0.15, 0.2) is 11.9 Å². The molecule has 0 aliphatic carbocycles. The Morgan fingerprint density at radius 1 is 1.43 bits per heavy atom. The lowest BCUT2D eigenvalue weighted by Crippen LogP contribution is -2.50. The lowest BCUT2D eigenvalue weighted by Gasteiger charge is -2.39. The number of carbonyl (C=O) groups excluding carboxylic acids is 2. The largest absolute Gasteiger partial charge is 0.475 e. The summed E-state index contributed by atoms with van der Waals surface area (Å²) in [7, 11) is -4.46. The van der Waals surface area contributed by atoms with Gasteiger partial charge in [0.1, 0.15) is 30.1 Å². The molecule has 2 unspecified atom stereocenters. The number of nitriles is 1. The summed E-state index contributed by atoms with van der Waals surface area (Å²) < 4.78 is 54.7. The van der Waals surface area contributed by atoms with Crippen LogP contribution in [0.4, 0.5) is 10.2 Å². The van der Waals surface area contributed by atoms with E-state index in [1.54, 1.807) is 33.8 Å². The van der Waals surface area contributed by atoms with Crippen molar-refractivity contribution in [3.8, 4) is 6.07 Å². The zero-order chi connectivity index (χ0) is 31.1. The van der Waals surface area contributed by atoms with Gasteiger partial charge >= 0.3 is 13.8 Å². The summed E-state index contributed by atoms with van der Waals surface area (Å²) in [6.45, 7) is 5.63. The Bertz CT molecular complexity index is 1450. The number of nitrogen functional groups attached to an aromatic ring is 1. The van der Waals surface area contributed by atoms with Crippen LogP contribution in [0.15, 0.2) is 18.5 Å². The summed E-state index contributed by atoms with van der Waals surface area (Å²) in [6, 6.07) is 4.56. The van der Waals surface area contributed by atoms with Crippen molar-refractivity contribution in [1.82, 2.24) is 19.9 Å². The zero-order valence-electron chi connectivity index (χ0n) is 23.2. The van der Waals surface area contributed by atoms with E-state index >= 15 is 4.39 Å². The number of phosphoric ester groups is 1. The van der Waals surface area contributed by atoms with Crippen LogP contribution < -0.4 is 11.1 Å². The molecule has 4 N–H and O–H groups in total. The number of hydrogen-bond acceptors (Lipinski definition) is 13. The van der Waals surface area contributed by atoms with Gasteiger partial charge in [-0.2, -0.15) is 10.4 Å². The van der Waals surface area contributed by atoms with Crippen LogP contribution in [-0.4, -0.2) is 80.3 Å². The van der Waals surface area contributed by atoms with Gasteiger partial charge in [-0.25, -0.2) is 18.5 Å². The molecule has 230 valence electrons. The van der Waals surface area contributed by atoms with E-state index in [9.17, 15) is 24.5 Å². The molecule has 0 saturated carbocycles. The van der Waals surface area contributed by atoms with Gasteiger partial charge in [-0.3, -0.25) is 23.2 Å². The third-order valence-corrected chi connectivity index (χ3v) is 9.10. The van der Waals surface area contributed by atoms with Gasteiger partial charge in [0.25, 0.3) is 0 Å². The SMILES string of the molecule is CC(C)OC(=O)CCNC(=O)[C@@H]1OP(=O)(OC[C@H]2O[C@@](C#N)(c3ccc4c(N)ncnn34)C(F)(Br)[C@H]2O)OCC1(C)C. The van der Waals surface area contributed by atoms with E-state index in [4.69, 9.17) is 28.8 Å². The average Bonchev–Trinajstić information content (AvgIpc) is 3.43. The molecule has 0 bridgehead atoms. The molecule has 2 aliphatic rings. The van der Waals surface area contributed by atoms with Gasteiger partial charge < -0.3 is 25.6 Å². The average molecular weight is 677 g/mol. The number of rotatable bonds is 9. The summed E-state index contributed by atoms with van der Waals surface area (Å²) in [5, 5.41) is 27.5. The van der Waals surface area contributed by atoms with Gasteiger partial charge in [0.05, 0.1) is 31.4 Å². The Balaban J connectivity index is 1.47. The minimum atomic E-state index is -4.46.